The van der Waals surface area contributed by atoms with Gasteiger partial charge in [-0.05, 0) is 18.2 Å². The van der Waals surface area contributed by atoms with Crippen LogP contribution in [0.2, 0.25) is 0 Å². The van der Waals surface area contributed by atoms with Crippen molar-refractivity contribution in [1.29, 1.82) is 0 Å². The number of nitrogens with zero attached hydrogens (tertiary/aromatic N) is 3. The molecule has 0 aliphatic heterocycles. The number of alkyl halides is 3. The van der Waals surface area contributed by atoms with E-state index in [9.17, 15) is 18.0 Å². The van der Waals surface area contributed by atoms with Gasteiger partial charge < -0.3 is 14.4 Å². The largest absolute Gasteiger partial charge is 0.416 e. The normalized spacial score (nSPS) is 12.1. The van der Waals surface area contributed by atoms with Crippen LogP contribution in [0.1, 0.15) is 47.4 Å². The Morgan fingerprint density at radius 2 is 2.04 bits per heavy atom. The highest BCUT2D eigenvalue weighted by Crippen LogP contribution is 2.31. The molecule has 2 aromatic heterocycles. The predicted octanol–water partition coefficient (Wildman–Crippen LogP) is 3.63. The van der Waals surface area contributed by atoms with Crippen molar-refractivity contribution >= 4 is 16.9 Å². The van der Waals surface area contributed by atoms with Gasteiger partial charge in [-0.2, -0.15) is 13.2 Å². The van der Waals surface area contributed by atoms with Gasteiger partial charge in [0.05, 0.1) is 23.1 Å². The number of fused-ring (bicyclic) bond motifs is 1. The van der Waals surface area contributed by atoms with Gasteiger partial charge in [-0.15, -0.1) is 0 Å². The first kappa shape index (κ1) is 18.0. The molecule has 3 aromatic rings. The lowest BCUT2D eigenvalue weighted by molar-refractivity contribution is -0.137. The van der Waals surface area contributed by atoms with Crippen LogP contribution in [0.4, 0.5) is 13.2 Å². The maximum Gasteiger partial charge on any atom is 0.416 e. The number of aromatic nitrogens is 3. The Bertz CT molecular complexity index is 957. The van der Waals surface area contributed by atoms with Crippen molar-refractivity contribution in [3.05, 3.63) is 47.1 Å². The van der Waals surface area contributed by atoms with Gasteiger partial charge in [-0.25, -0.2) is 4.98 Å². The summed E-state index contributed by atoms with van der Waals surface area (Å²) in [7, 11) is 1.68. The van der Waals surface area contributed by atoms with Crippen LogP contribution in [-0.2, 0) is 19.8 Å². The highest BCUT2D eigenvalue weighted by Gasteiger charge is 2.31. The summed E-state index contributed by atoms with van der Waals surface area (Å²) in [5.74, 6) is 0.688. The third-order valence-corrected chi connectivity index (χ3v) is 4.04. The van der Waals surface area contributed by atoms with Crippen molar-refractivity contribution in [1.82, 2.24) is 20.0 Å². The van der Waals surface area contributed by atoms with Crippen molar-refractivity contribution in [2.45, 2.75) is 32.5 Å². The highest BCUT2D eigenvalue weighted by molar-refractivity contribution is 5.92. The summed E-state index contributed by atoms with van der Waals surface area (Å²) in [4.78, 5) is 16.3. The minimum Gasteiger partial charge on any atom is -0.360 e. The maximum absolute atomic E-state index is 12.8. The summed E-state index contributed by atoms with van der Waals surface area (Å²) in [6.45, 7) is 3.88. The van der Waals surface area contributed by atoms with Gasteiger partial charge in [-0.3, -0.25) is 4.79 Å². The Morgan fingerprint density at radius 1 is 1.31 bits per heavy atom. The molecule has 26 heavy (non-hydrogen) atoms. The molecule has 0 spiro atoms. The third kappa shape index (κ3) is 3.42. The number of aryl methyl sites for hydroxylation is 1. The molecule has 0 saturated heterocycles. The zero-order valence-corrected chi connectivity index (χ0v) is 14.4. The van der Waals surface area contributed by atoms with E-state index in [1.165, 1.54) is 6.07 Å². The smallest absolute Gasteiger partial charge is 0.360 e. The number of carbonyl (C=O) groups excluding carboxylic acids is 1. The summed E-state index contributed by atoms with van der Waals surface area (Å²) in [5, 5.41) is 6.36. The molecule has 0 aliphatic carbocycles. The average molecular weight is 366 g/mol. The topological polar surface area (TPSA) is 73.0 Å². The second kappa shape index (κ2) is 6.47. The number of rotatable bonds is 4. The number of benzene rings is 1. The molecule has 0 atom stereocenters. The zero-order chi connectivity index (χ0) is 19.1. The van der Waals surface area contributed by atoms with Crippen molar-refractivity contribution < 1.29 is 22.5 Å². The van der Waals surface area contributed by atoms with E-state index in [4.69, 9.17) is 4.52 Å². The molecule has 3 rings (SSSR count). The van der Waals surface area contributed by atoms with Gasteiger partial charge in [0.2, 0.25) is 0 Å². The van der Waals surface area contributed by atoms with Crippen LogP contribution in [0.25, 0.3) is 11.0 Å². The molecular weight excluding hydrogens is 349 g/mol. The summed E-state index contributed by atoms with van der Waals surface area (Å²) >= 11 is 0. The Kier molecular flexibility index (Phi) is 4.47. The number of halogens is 3. The fraction of sp³-hybridized carbons (Fsp3) is 0.353. The van der Waals surface area contributed by atoms with E-state index >= 15 is 0 Å². The summed E-state index contributed by atoms with van der Waals surface area (Å²) in [5.41, 5.74) is 0.148. The van der Waals surface area contributed by atoms with Crippen LogP contribution in [0.5, 0.6) is 0 Å². The van der Waals surface area contributed by atoms with Gasteiger partial charge >= 0.3 is 6.18 Å². The number of amides is 1. The molecule has 0 saturated carbocycles. The van der Waals surface area contributed by atoms with Gasteiger partial charge in [0, 0.05) is 19.0 Å². The van der Waals surface area contributed by atoms with E-state index in [1.54, 1.807) is 17.7 Å². The Balaban J connectivity index is 1.78. The molecule has 0 bridgehead atoms. The second-order valence-electron chi connectivity index (χ2n) is 6.24. The Labute approximate surface area is 147 Å². The van der Waals surface area contributed by atoms with Crippen LogP contribution in [0, 0.1) is 0 Å². The monoisotopic (exact) mass is 366 g/mol. The fourth-order valence-corrected chi connectivity index (χ4v) is 2.50. The average Bonchev–Trinajstić information content (AvgIpc) is 3.17. The lowest BCUT2D eigenvalue weighted by Crippen LogP contribution is -2.24. The number of nitrogens with one attached hydrogen (secondary N) is 1. The van der Waals surface area contributed by atoms with Crippen molar-refractivity contribution in [3.63, 3.8) is 0 Å². The Morgan fingerprint density at radius 3 is 2.65 bits per heavy atom. The van der Waals surface area contributed by atoms with E-state index in [0.29, 0.717) is 17.1 Å². The van der Waals surface area contributed by atoms with Gasteiger partial charge in [0.25, 0.3) is 5.91 Å². The zero-order valence-electron chi connectivity index (χ0n) is 14.4. The molecule has 0 aliphatic rings. The van der Waals surface area contributed by atoms with Crippen molar-refractivity contribution in [3.8, 4) is 0 Å². The molecule has 1 N–H and O–H groups in total. The lowest BCUT2D eigenvalue weighted by atomic mass is 10.1. The van der Waals surface area contributed by atoms with Crippen LogP contribution in [0.3, 0.4) is 0 Å². The summed E-state index contributed by atoms with van der Waals surface area (Å²) in [6, 6.07) is 4.93. The van der Waals surface area contributed by atoms with Crippen molar-refractivity contribution in [2.75, 3.05) is 0 Å². The number of hydrogen-bond donors (Lipinski definition) is 1. The fourth-order valence-electron chi connectivity index (χ4n) is 2.50. The quantitative estimate of drug-likeness (QED) is 0.765. The Hall–Kier alpha value is -2.84. The third-order valence-electron chi connectivity index (χ3n) is 4.04. The molecule has 1 aromatic carbocycles. The predicted molar refractivity (Wildman–Crippen MR) is 87.5 cm³/mol. The maximum atomic E-state index is 12.8. The molecule has 1 amide bonds. The van der Waals surface area contributed by atoms with E-state index < -0.39 is 17.6 Å². The van der Waals surface area contributed by atoms with Crippen LogP contribution in [0.15, 0.2) is 28.8 Å². The first-order valence-electron chi connectivity index (χ1n) is 7.94. The molecular formula is C17H17F3N4O2. The van der Waals surface area contributed by atoms with E-state index in [-0.39, 0.29) is 23.7 Å². The van der Waals surface area contributed by atoms with Gasteiger partial charge in [0.15, 0.2) is 5.69 Å². The number of imidazole rings is 1. The molecule has 138 valence electrons. The molecule has 0 unspecified atom stereocenters. The molecule has 0 fully saturated rings. The van der Waals surface area contributed by atoms with Crippen LogP contribution in [-0.4, -0.2) is 20.6 Å². The SMILES string of the molecule is CC(C)c1cc(C(=O)NCc2nc3cc(C(F)(F)F)ccc3n2C)no1. The van der Waals surface area contributed by atoms with Gasteiger partial charge in [-0.1, -0.05) is 19.0 Å². The standard InChI is InChI=1S/C17H17F3N4O2/c1-9(2)14-7-12(23-26-14)16(25)21-8-15-22-11-6-10(17(18,19)20)4-5-13(11)24(15)3/h4-7,9H,8H2,1-3H3,(H,21,25). The van der Waals surface area contributed by atoms with Crippen LogP contribution < -0.4 is 5.32 Å². The highest BCUT2D eigenvalue weighted by atomic mass is 19.4. The molecule has 0 radical (unpaired) electrons. The second-order valence-corrected chi connectivity index (χ2v) is 6.24. The molecule has 9 heteroatoms. The minimum atomic E-state index is -4.43. The summed E-state index contributed by atoms with van der Waals surface area (Å²) in [6.07, 6.45) is -4.43. The minimum absolute atomic E-state index is 0.0508. The van der Waals surface area contributed by atoms with Crippen LogP contribution >= 0.6 is 0 Å². The van der Waals surface area contributed by atoms with Crippen molar-refractivity contribution in [2.24, 2.45) is 7.05 Å². The molecule has 2 heterocycles. The lowest BCUT2D eigenvalue weighted by Gasteiger charge is -2.06. The van der Waals surface area contributed by atoms with Gasteiger partial charge in [0.1, 0.15) is 11.6 Å². The number of carbonyl (C=O) groups is 1. The first-order valence-corrected chi connectivity index (χ1v) is 7.94. The van der Waals surface area contributed by atoms with E-state index in [2.05, 4.69) is 15.5 Å². The first-order chi connectivity index (χ1) is 12.2. The van der Waals surface area contributed by atoms with E-state index in [1.807, 2.05) is 13.8 Å². The molecule has 6 nitrogen and oxygen atoms in total. The summed E-state index contributed by atoms with van der Waals surface area (Å²) < 4.78 is 45.2. The van der Waals surface area contributed by atoms with E-state index in [0.717, 1.165) is 12.1 Å². The number of hydrogen-bond acceptors (Lipinski definition) is 4.